The molecule has 0 spiro atoms. The Morgan fingerprint density at radius 3 is 2.72 bits per heavy atom. The second-order valence-corrected chi connectivity index (χ2v) is 8.55. The molecular weight excluding hydrogens is 475 g/mol. The van der Waals surface area contributed by atoms with Crippen molar-refractivity contribution in [2.24, 2.45) is 7.05 Å². The Balaban J connectivity index is 1.58. The number of carbonyl (C=O) groups is 1. The fourth-order valence-electron chi connectivity index (χ4n) is 3.20. The van der Waals surface area contributed by atoms with E-state index >= 15 is 0 Å². The van der Waals surface area contributed by atoms with Crippen molar-refractivity contribution in [2.75, 3.05) is 6.54 Å². The normalized spacial score (nSPS) is 13.0. The molecule has 32 heavy (non-hydrogen) atoms. The zero-order chi connectivity index (χ0) is 22.9. The van der Waals surface area contributed by atoms with Gasteiger partial charge in [0.15, 0.2) is 11.5 Å². The van der Waals surface area contributed by atoms with Gasteiger partial charge < -0.3 is 9.84 Å². The Hall–Kier alpha value is -2.94. The molecule has 0 aromatic carbocycles. The number of aryl methyl sites for hydroxylation is 1. The molecule has 0 bridgehead atoms. The summed E-state index contributed by atoms with van der Waals surface area (Å²) in [6, 6.07) is 8.36. The number of pyridine rings is 2. The maximum Gasteiger partial charge on any atom is 0.273 e. The minimum atomic E-state index is -0.692. The molecule has 11 heteroatoms. The first kappa shape index (κ1) is 22.3. The minimum absolute atomic E-state index is 0.0837. The van der Waals surface area contributed by atoms with Crippen LogP contribution in [0, 0.1) is 0 Å². The van der Waals surface area contributed by atoms with E-state index in [2.05, 4.69) is 25.5 Å². The van der Waals surface area contributed by atoms with E-state index in [1.807, 2.05) is 32.3 Å². The van der Waals surface area contributed by atoms with Gasteiger partial charge in [0.2, 0.25) is 0 Å². The van der Waals surface area contributed by atoms with Gasteiger partial charge >= 0.3 is 0 Å². The van der Waals surface area contributed by atoms with Gasteiger partial charge in [0.1, 0.15) is 10.8 Å². The van der Waals surface area contributed by atoms with Gasteiger partial charge in [-0.15, -0.1) is 0 Å². The van der Waals surface area contributed by atoms with Crippen LogP contribution in [0.4, 0.5) is 0 Å². The highest BCUT2D eigenvalue weighted by molar-refractivity contribution is 6.36. The average molecular weight is 492 g/mol. The Kier molecular flexibility index (Phi) is 6.19. The Morgan fingerprint density at radius 1 is 1.22 bits per heavy atom. The zero-order valence-electron chi connectivity index (χ0n) is 17.0. The quantitative estimate of drug-likeness (QED) is 0.397. The van der Waals surface area contributed by atoms with Crippen LogP contribution in [0.2, 0.25) is 15.2 Å². The maximum atomic E-state index is 12.8. The highest BCUT2D eigenvalue weighted by Gasteiger charge is 2.33. The third kappa shape index (κ3) is 4.48. The van der Waals surface area contributed by atoms with E-state index in [4.69, 9.17) is 39.3 Å². The molecule has 0 aliphatic carbocycles. The highest BCUT2D eigenvalue weighted by Crippen LogP contribution is 2.31. The van der Waals surface area contributed by atoms with Gasteiger partial charge in [-0.3, -0.25) is 9.48 Å². The molecule has 0 aliphatic heterocycles. The number of carbonyl (C=O) groups excluding carboxylic acids is 1. The summed E-state index contributed by atoms with van der Waals surface area (Å²) in [5, 5.41) is 12.0. The summed E-state index contributed by atoms with van der Waals surface area (Å²) >= 11 is 18.2. The molecule has 8 nitrogen and oxygen atoms in total. The molecule has 4 aromatic heterocycles. The van der Waals surface area contributed by atoms with Crippen molar-refractivity contribution in [1.29, 1.82) is 0 Å². The summed E-state index contributed by atoms with van der Waals surface area (Å²) in [5.41, 5.74) is 1.29. The van der Waals surface area contributed by atoms with Crippen molar-refractivity contribution in [3.63, 3.8) is 0 Å². The fourth-order valence-corrected chi connectivity index (χ4v) is 3.84. The number of halogens is 3. The summed E-state index contributed by atoms with van der Waals surface area (Å²) in [5.74, 6) is -0.175. The van der Waals surface area contributed by atoms with Crippen molar-refractivity contribution >= 4 is 40.7 Å². The topological polar surface area (TPSA) is 98.7 Å². The van der Waals surface area contributed by atoms with Gasteiger partial charge in [-0.2, -0.15) is 5.10 Å². The highest BCUT2D eigenvalue weighted by atomic mass is 35.5. The lowest BCUT2D eigenvalue weighted by Gasteiger charge is -2.28. The standard InChI is InChI=1S/C21H17Cl3N6O2/c1-21(12-8-27-30(2)10-12,17-4-3-5-18(24)28-17)11-26-20(31)15-7-16(32-29-15)19-14(23)6-13(22)9-25-19/h3-10H,11H2,1-2H3,(H,26,31). The number of hydrogen-bond donors (Lipinski definition) is 1. The van der Waals surface area contributed by atoms with Crippen LogP contribution in [0.25, 0.3) is 11.5 Å². The van der Waals surface area contributed by atoms with Crippen molar-refractivity contribution in [3.8, 4) is 11.5 Å². The molecule has 1 amide bonds. The van der Waals surface area contributed by atoms with Gasteiger partial charge in [0.05, 0.1) is 27.4 Å². The van der Waals surface area contributed by atoms with Crippen LogP contribution < -0.4 is 5.32 Å². The second kappa shape index (κ2) is 8.90. The molecule has 0 fully saturated rings. The van der Waals surface area contributed by atoms with Gasteiger partial charge in [-0.25, -0.2) is 9.97 Å². The first-order valence-electron chi connectivity index (χ1n) is 9.45. The second-order valence-electron chi connectivity index (χ2n) is 7.32. The van der Waals surface area contributed by atoms with Crippen LogP contribution in [0.3, 0.4) is 0 Å². The van der Waals surface area contributed by atoms with E-state index in [9.17, 15) is 4.79 Å². The van der Waals surface area contributed by atoms with Crippen LogP contribution in [-0.2, 0) is 12.5 Å². The molecule has 1 atom stereocenters. The molecule has 164 valence electrons. The van der Waals surface area contributed by atoms with Crippen molar-refractivity contribution in [1.82, 2.24) is 30.2 Å². The summed E-state index contributed by atoms with van der Waals surface area (Å²) in [7, 11) is 1.82. The first-order valence-corrected chi connectivity index (χ1v) is 10.6. The maximum absolute atomic E-state index is 12.8. The minimum Gasteiger partial charge on any atom is -0.354 e. The molecule has 4 rings (SSSR count). The smallest absolute Gasteiger partial charge is 0.273 e. The van der Waals surface area contributed by atoms with Crippen LogP contribution in [0.5, 0.6) is 0 Å². The lowest BCUT2D eigenvalue weighted by atomic mass is 9.80. The molecule has 0 saturated carbocycles. The summed E-state index contributed by atoms with van der Waals surface area (Å²) in [6.07, 6.45) is 5.04. The molecule has 0 saturated heterocycles. The van der Waals surface area contributed by atoms with Crippen LogP contribution >= 0.6 is 34.8 Å². The van der Waals surface area contributed by atoms with Crippen molar-refractivity contribution in [3.05, 3.63) is 81.1 Å². The molecule has 1 N–H and O–H groups in total. The Morgan fingerprint density at radius 2 is 2.03 bits per heavy atom. The Bertz CT molecular complexity index is 1290. The van der Waals surface area contributed by atoms with Gasteiger partial charge in [0.25, 0.3) is 5.91 Å². The molecule has 4 heterocycles. The fraction of sp³-hybridized carbons (Fsp3) is 0.190. The third-order valence-electron chi connectivity index (χ3n) is 5.01. The molecule has 1 unspecified atom stereocenters. The van der Waals surface area contributed by atoms with Crippen molar-refractivity contribution < 1.29 is 9.32 Å². The van der Waals surface area contributed by atoms with E-state index in [1.165, 1.54) is 18.3 Å². The van der Waals surface area contributed by atoms with Gasteiger partial charge in [-0.1, -0.05) is 46.0 Å². The lowest BCUT2D eigenvalue weighted by Crippen LogP contribution is -2.40. The van der Waals surface area contributed by atoms with E-state index < -0.39 is 11.3 Å². The van der Waals surface area contributed by atoms with Crippen LogP contribution in [-0.4, -0.2) is 37.4 Å². The lowest BCUT2D eigenvalue weighted by molar-refractivity contribution is 0.0938. The monoisotopic (exact) mass is 490 g/mol. The number of nitrogens with zero attached hydrogens (tertiary/aromatic N) is 5. The molecule has 0 aliphatic rings. The predicted octanol–water partition coefficient (Wildman–Crippen LogP) is 4.56. The zero-order valence-corrected chi connectivity index (χ0v) is 19.3. The van der Waals surface area contributed by atoms with Crippen molar-refractivity contribution in [2.45, 2.75) is 12.3 Å². The first-order chi connectivity index (χ1) is 15.3. The number of amides is 1. The molecule has 4 aromatic rings. The largest absolute Gasteiger partial charge is 0.354 e. The summed E-state index contributed by atoms with van der Waals surface area (Å²) in [4.78, 5) is 21.4. The van der Waals surface area contributed by atoms with E-state index in [1.54, 1.807) is 16.9 Å². The van der Waals surface area contributed by atoms with E-state index in [0.717, 1.165) is 5.56 Å². The number of rotatable bonds is 6. The van der Waals surface area contributed by atoms with Crippen LogP contribution in [0.1, 0.15) is 28.7 Å². The SMILES string of the molecule is Cn1cc(C(C)(CNC(=O)c2cc(-c3ncc(Cl)cc3Cl)on2)c2cccc(Cl)n2)cn1. The van der Waals surface area contributed by atoms with Gasteiger partial charge in [0, 0.05) is 37.6 Å². The average Bonchev–Trinajstić information content (AvgIpc) is 3.41. The third-order valence-corrected chi connectivity index (χ3v) is 5.71. The van der Waals surface area contributed by atoms with E-state index in [-0.39, 0.29) is 23.0 Å². The summed E-state index contributed by atoms with van der Waals surface area (Å²) in [6.45, 7) is 2.17. The van der Waals surface area contributed by atoms with Gasteiger partial charge in [-0.05, 0) is 25.1 Å². The summed E-state index contributed by atoms with van der Waals surface area (Å²) < 4.78 is 6.96. The number of nitrogens with one attached hydrogen (secondary N) is 1. The predicted molar refractivity (Wildman–Crippen MR) is 121 cm³/mol. The van der Waals surface area contributed by atoms with Crippen LogP contribution in [0.15, 0.2) is 53.4 Å². The number of aromatic nitrogens is 5. The van der Waals surface area contributed by atoms with E-state index in [0.29, 0.717) is 21.6 Å². The molecular formula is C21H17Cl3N6O2. The Labute approximate surface area is 198 Å². The number of hydrogen-bond acceptors (Lipinski definition) is 6. The molecule has 0 radical (unpaired) electrons.